The maximum absolute atomic E-state index is 5.43. The van der Waals surface area contributed by atoms with Gasteiger partial charge in [0, 0.05) is 0 Å². The van der Waals surface area contributed by atoms with Crippen molar-refractivity contribution in [2.24, 2.45) is 0 Å². The van der Waals surface area contributed by atoms with Crippen LogP contribution in [0.15, 0.2) is 0 Å². The third-order valence-electron chi connectivity index (χ3n) is 0.647. The predicted molar refractivity (Wildman–Crippen MR) is 29.5 cm³/mol. The van der Waals surface area contributed by atoms with Crippen LogP contribution in [0, 0.1) is 0 Å². The van der Waals surface area contributed by atoms with Gasteiger partial charge in [-0.3, -0.25) is 0 Å². The number of hydrogen-bond donors (Lipinski definition) is 0. The Balaban J connectivity index is 3.14. The van der Waals surface area contributed by atoms with Gasteiger partial charge in [-0.15, -0.1) is 0 Å². The fourth-order valence-corrected chi connectivity index (χ4v) is 0.535. The monoisotopic (exact) mass is 181 g/mol. The molecule has 0 saturated heterocycles. The summed E-state index contributed by atoms with van der Waals surface area (Å²) >= 11 is 14.6. The van der Waals surface area contributed by atoms with Crippen molar-refractivity contribution in [2.75, 3.05) is 0 Å². The zero-order chi connectivity index (χ0) is 5.86. The molecule has 0 nitrogen and oxygen atoms in total. The Labute approximate surface area is 62.4 Å². The van der Waals surface area contributed by atoms with Crippen molar-refractivity contribution < 1.29 is 16.0 Å². The average Bonchev–Trinajstić information content (AvgIpc) is 1.65. The third-order valence-corrected chi connectivity index (χ3v) is 2.47. The molecular weight excluding hydrogens is 175 g/mol. The van der Waals surface area contributed by atoms with E-state index in [0.29, 0.717) is 0 Å². The van der Waals surface area contributed by atoms with E-state index < -0.39 is 0 Å². The van der Waals surface area contributed by atoms with Gasteiger partial charge in [-0.1, -0.05) is 0 Å². The number of alkyl halides is 2. The molecule has 3 heteroatoms. The molecule has 0 radical (unpaired) electrons. The zero-order valence-corrected chi connectivity index (χ0v) is 6.59. The molecule has 0 bridgehead atoms. The van der Waals surface area contributed by atoms with Crippen molar-refractivity contribution in [2.45, 2.75) is 23.0 Å². The quantitative estimate of drug-likeness (QED) is 0.454. The van der Waals surface area contributed by atoms with Gasteiger partial charge in [-0.25, -0.2) is 0 Å². The fourth-order valence-electron chi connectivity index (χ4n) is 0.178. The van der Waals surface area contributed by atoms with Crippen molar-refractivity contribution in [3.05, 3.63) is 0 Å². The molecule has 0 amide bonds. The molecule has 0 aromatic heterocycles. The predicted octanol–water partition coefficient (Wildman–Crippen LogP) is 2.54. The van der Waals surface area contributed by atoms with Gasteiger partial charge in [-0.2, -0.15) is 0 Å². The maximum atomic E-state index is 5.43. The van der Waals surface area contributed by atoms with Crippen LogP contribution in [-0.4, -0.2) is 4.84 Å². The van der Waals surface area contributed by atoms with Gasteiger partial charge in [0.05, 0.1) is 0 Å². The van der Waals surface area contributed by atoms with Crippen molar-refractivity contribution in [3.8, 4) is 0 Å². The van der Waals surface area contributed by atoms with Crippen LogP contribution in [0.3, 0.4) is 0 Å². The number of hydrogen-bond acceptors (Lipinski definition) is 0. The molecular formula is C4H7Cl2Fe. The Morgan fingerprint density at radius 1 is 1.57 bits per heavy atom. The summed E-state index contributed by atoms with van der Waals surface area (Å²) in [6.07, 6.45) is 0.942. The van der Waals surface area contributed by atoms with Gasteiger partial charge in [0.25, 0.3) is 0 Å². The summed E-state index contributed by atoms with van der Waals surface area (Å²) in [6, 6.07) is 0. The summed E-state index contributed by atoms with van der Waals surface area (Å²) in [6.45, 7) is 2.01. The van der Waals surface area contributed by atoms with Crippen LogP contribution in [0.4, 0.5) is 0 Å². The van der Waals surface area contributed by atoms with E-state index in [-0.39, 0.29) is 9.65 Å². The Morgan fingerprint density at radius 2 is 2.00 bits per heavy atom. The van der Waals surface area contributed by atoms with Crippen LogP contribution >= 0.6 is 23.2 Å². The van der Waals surface area contributed by atoms with E-state index in [0.717, 1.165) is 6.42 Å². The van der Waals surface area contributed by atoms with Crippen molar-refractivity contribution in [1.29, 1.82) is 0 Å². The van der Waals surface area contributed by atoms with E-state index in [2.05, 4.69) is 16.0 Å². The van der Waals surface area contributed by atoms with Crippen molar-refractivity contribution >= 4 is 23.2 Å². The second kappa shape index (κ2) is 4.03. The normalized spacial score (nSPS) is 15.0. The van der Waals surface area contributed by atoms with Crippen LogP contribution in [0.25, 0.3) is 0 Å². The Morgan fingerprint density at radius 3 is 2.00 bits per heavy atom. The minimum absolute atomic E-state index is 0.184. The molecule has 0 aliphatic carbocycles. The first-order valence-electron chi connectivity index (χ1n) is 2.09. The molecule has 7 heavy (non-hydrogen) atoms. The van der Waals surface area contributed by atoms with E-state index in [4.69, 9.17) is 23.2 Å². The Bertz CT molecular complexity index is 47.0. The SMILES string of the molecule is CC[CH]([Fe])C(Cl)Cl. The molecule has 0 fully saturated rings. The third kappa shape index (κ3) is 3.66. The Hall–Kier alpha value is 1.10. The molecule has 1 atom stereocenters. The molecule has 45 valence electrons. The summed E-state index contributed by atoms with van der Waals surface area (Å²) in [5.41, 5.74) is 0. The first-order chi connectivity index (χ1) is 3.18. The molecule has 0 aliphatic heterocycles. The molecule has 0 spiro atoms. The molecule has 0 aliphatic rings. The summed E-state index contributed by atoms with van der Waals surface area (Å²) in [5.74, 6) is 0. The minimum atomic E-state index is -0.301. The molecule has 1 unspecified atom stereocenters. The fraction of sp³-hybridized carbons (Fsp3) is 1.00. The van der Waals surface area contributed by atoms with Crippen LogP contribution in [0.2, 0.25) is 4.82 Å². The number of rotatable bonds is 2. The first kappa shape index (κ1) is 8.10. The summed E-state index contributed by atoms with van der Waals surface area (Å²) in [5, 5.41) is 0. The Kier molecular flexibility index (Phi) is 4.66. The van der Waals surface area contributed by atoms with E-state index in [1.807, 2.05) is 6.92 Å². The van der Waals surface area contributed by atoms with E-state index in [9.17, 15) is 0 Å². The summed E-state index contributed by atoms with van der Waals surface area (Å²) < 4.78 is 0. The van der Waals surface area contributed by atoms with Gasteiger partial charge in [0.2, 0.25) is 0 Å². The molecule has 0 N–H and O–H groups in total. The van der Waals surface area contributed by atoms with E-state index in [1.54, 1.807) is 0 Å². The van der Waals surface area contributed by atoms with Gasteiger partial charge >= 0.3 is 62.2 Å². The number of halogens is 2. The van der Waals surface area contributed by atoms with Crippen molar-refractivity contribution in [1.82, 2.24) is 0 Å². The zero-order valence-electron chi connectivity index (χ0n) is 3.97. The second-order valence-electron chi connectivity index (χ2n) is 1.24. The second-order valence-corrected chi connectivity index (χ2v) is 3.22. The molecule has 0 saturated carbocycles. The molecule has 0 aromatic rings. The topological polar surface area (TPSA) is 0 Å². The summed E-state index contributed by atoms with van der Waals surface area (Å²) in [7, 11) is 0. The van der Waals surface area contributed by atoms with Crippen LogP contribution in [-0.2, 0) is 16.0 Å². The standard InChI is InChI=1S/C4H7Cl2.Fe/c1-2-3-4(5)6;/h3-4H,2H2,1H3;. The molecule has 0 rings (SSSR count). The first-order valence-corrected chi connectivity index (χ1v) is 3.60. The van der Waals surface area contributed by atoms with Crippen LogP contribution < -0.4 is 0 Å². The van der Waals surface area contributed by atoms with Gasteiger partial charge in [-0.05, 0) is 0 Å². The molecule has 0 aromatic carbocycles. The van der Waals surface area contributed by atoms with Gasteiger partial charge < -0.3 is 0 Å². The van der Waals surface area contributed by atoms with Gasteiger partial charge in [0.1, 0.15) is 0 Å². The van der Waals surface area contributed by atoms with Crippen molar-refractivity contribution in [3.63, 3.8) is 0 Å². The summed E-state index contributed by atoms with van der Waals surface area (Å²) in [4.78, 5) is -0.117. The van der Waals surface area contributed by atoms with Crippen LogP contribution in [0.5, 0.6) is 0 Å². The molecule has 0 heterocycles. The van der Waals surface area contributed by atoms with Gasteiger partial charge in [0.15, 0.2) is 0 Å². The van der Waals surface area contributed by atoms with E-state index >= 15 is 0 Å². The van der Waals surface area contributed by atoms with Crippen LogP contribution in [0.1, 0.15) is 13.3 Å². The average molecular weight is 182 g/mol. The van der Waals surface area contributed by atoms with E-state index in [1.165, 1.54) is 0 Å².